The topological polar surface area (TPSA) is 146 Å². The van der Waals surface area contributed by atoms with Gasteiger partial charge in [-0.1, -0.05) is 101 Å². The Morgan fingerprint density at radius 2 is 1.38 bits per heavy atom. The maximum Gasteiger partial charge on any atom is 0.334 e. The van der Waals surface area contributed by atoms with Gasteiger partial charge in [-0.15, -0.1) is 0 Å². The fraction of sp³-hybridized carbons (Fsp3) is 0.486. The lowest BCUT2D eigenvalue weighted by molar-refractivity contribution is -0.132. The fourth-order valence-corrected chi connectivity index (χ4v) is 5.25. The minimum absolute atomic E-state index is 0.0391. The number of hydrogen-bond acceptors (Lipinski definition) is 5. The van der Waals surface area contributed by atoms with E-state index in [2.05, 4.69) is 26.8 Å². The van der Waals surface area contributed by atoms with E-state index in [1.807, 2.05) is 95.3 Å². The summed E-state index contributed by atoms with van der Waals surface area (Å²) in [6.45, 7) is 12.9. The lowest BCUT2D eigenvalue weighted by Gasteiger charge is -2.26. The lowest BCUT2D eigenvalue weighted by atomic mass is 9.93. The molecule has 10 heteroatoms. The number of carbonyl (C=O) groups excluding carboxylic acids is 5. The summed E-state index contributed by atoms with van der Waals surface area (Å²) >= 11 is 0. The molecule has 4 atom stereocenters. The number of hydrogen-bond donors (Lipinski definition) is 5. The van der Waals surface area contributed by atoms with Crippen molar-refractivity contribution in [2.24, 2.45) is 11.8 Å². The molecule has 0 aliphatic heterocycles. The van der Waals surface area contributed by atoms with Gasteiger partial charge in [-0.25, -0.2) is 10.2 Å². The Kier molecular flexibility index (Phi) is 16.4. The van der Waals surface area contributed by atoms with Crippen molar-refractivity contribution in [2.45, 2.75) is 105 Å². The van der Waals surface area contributed by atoms with E-state index in [4.69, 9.17) is 0 Å². The second-order valence-electron chi connectivity index (χ2n) is 12.6. The standard InChI is InChI=1S/C37H53N5O5/c1-8-10-20-31(35(45)39-32(27(7)43)23-29(9-2)30-19-15-14-16-25(30)5)38-36(46)33(21-24(3)4)40-37(47)42-41-34(44)26(6)22-28-17-12-11-13-18-28/h9,11-19,24,26,31-33H,8,10,20-23H2,1-7H3,(H,38,46)(H,39,45)(H,41,44)(H2,40,42,47)/b29-9-/t26-,31-,32-,33-/m0/s1. The average Bonchev–Trinajstić information content (AvgIpc) is 3.03. The highest BCUT2D eigenvalue weighted by molar-refractivity contribution is 5.95. The van der Waals surface area contributed by atoms with Crippen LogP contribution in [-0.4, -0.2) is 47.7 Å². The number of rotatable bonds is 17. The number of allylic oxidation sites excluding steroid dienone is 1. The van der Waals surface area contributed by atoms with Crippen LogP contribution in [0.2, 0.25) is 0 Å². The number of amides is 5. The summed E-state index contributed by atoms with van der Waals surface area (Å²) in [5.74, 6) is -1.90. The van der Waals surface area contributed by atoms with Crippen molar-refractivity contribution in [2.75, 3.05) is 0 Å². The number of benzene rings is 2. The maximum atomic E-state index is 13.6. The highest BCUT2D eigenvalue weighted by atomic mass is 16.2. The smallest absolute Gasteiger partial charge is 0.334 e. The molecule has 2 aromatic rings. The number of hydrazine groups is 1. The van der Waals surface area contributed by atoms with Crippen molar-refractivity contribution in [1.82, 2.24) is 26.8 Å². The number of urea groups is 1. The summed E-state index contributed by atoms with van der Waals surface area (Å²) in [6.07, 6.45) is 4.89. The van der Waals surface area contributed by atoms with Crippen LogP contribution in [0.3, 0.4) is 0 Å². The zero-order valence-electron chi connectivity index (χ0n) is 28.9. The van der Waals surface area contributed by atoms with Gasteiger partial charge in [-0.05, 0) is 68.2 Å². The van der Waals surface area contributed by atoms with Gasteiger partial charge in [0, 0.05) is 12.3 Å². The first-order valence-corrected chi connectivity index (χ1v) is 16.6. The van der Waals surface area contributed by atoms with Crippen LogP contribution in [0.15, 0.2) is 60.7 Å². The summed E-state index contributed by atoms with van der Waals surface area (Å²) in [7, 11) is 0. The maximum absolute atomic E-state index is 13.6. The minimum Gasteiger partial charge on any atom is -0.344 e. The number of ketones is 1. The molecule has 0 aromatic heterocycles. The fourth-order valence-electron chi connectivity index (χ4n) is 5.25. The summed E-state index contributed by atoms with van der Waals surface area (Å²) in [5, 5.41) is 8.33. The third-order valence-electron chi connectivity index (χ3n) is 8.01. The highest BCUT2D eigenvalue weighted by Gasteiger charge is 2.29. The van der Waals surface area contributed by atoms with E-state index < -0.39 is 41.9 Å². The molecule has 0 saturated heterocycles. The molecule has 5 amide bonds. The van der Waals surface area contributed by atoms with Gasteiger partial charge in [0.2, 0.25) is 17.7 Å². The molecule has 0 unspecified atom stereocenters. The van der Waals surface area contributed by atoms with Gasteiger partial charge < -0.3 is 16.0 Å². The van der Waals surface area contributed by atoms with Crippen LogP contribution in [0, 0.1) is 18.8 Å². The second-order valence-corrected chi connectivity index (χ2v) is 12.6. The van der Waals surface area contributed by atoms with Crippen LogP contribution < -0.4 is 26.8 Å². The molecule has 47 heavy (non-hydrogen) atoms. The number of carbonyl (C=O) groups is 5. The SMILES string of the molecule is C/C=C(/C[C@H](NC(=O)[C@H](CCCC)NC(=O)[C@H](CC(C)C)NC(=O)NNC(=O)[C@@H](C)Cc1ccccc1)C(C)=O)c1ccccc1C. The van der Waals surface area contributed by atoms with Crippen molar-refractivity contribution >= 4 is 35.1 Å². The Labute approximate surface area is 279 Å². The van der Waals surface area contributed by atoms with E-state index >= 15 is 0 Å². The molecule has 0 aliphatic rings. The quantitative estimate of drug-likeness (QED) is 0.151. The molecule has 0 heterocycles. The number of aryl methyl sites for hydroxylation is 1. The van der Waals surface area contributed by atoms with Crippen LogP contribution >= 0.6 is 0 Å². The van der Waals surface area contributed by atoms with Crippen molar-refractivity contribution in [3.8, 4) is 0 Å². The number of Topliss-reactive ketones (excluding diaryl/α,β-unsaturated/α-hetero) is 1. The molecular formula is C37H53N5O5. The van der Waals surface area contributed by atoms with Gasteiger partial charge in [-0.3, -0.25) is 24.6 Å². The highest BCUT2D eigenvalue weighted by Crippen LogP contribution is 2.24. The number of nitrogens with one attached hydrogen (secondary N) is 5. The van der Waals surface area contributed by atoms with Gasteiger partial charge >= 0.3 is 6.03 Å². The third-order valence-corrected chi connectivity index (χ3v) is 8.01. The molecule has 0 fully saturated rings. The minimum atomic E-state index is -0.968. The van der Waals surface area contributed by atoms with E-state index in [1.165, 1.54) is 6.92 Å². The Morgan fingerprint density at radius 3 is 1.98 bits per heavy atom. The zero-order valence-corrected chi connectivity index (χ0v) is 28.9. The van der Waals surface area contributed by atoms with Crippen molar-refractivity contribution < 1.29 is 24.0 Å². The first-order chi connectivity index (χ1) is 22.4. The molecule has 10 nitrogen and oxygen atoms in total. The first-order valence-electron chi connectivity index (χ1n) is 16.6. The second kappa shape index (κ2) is 19.9. The first kappa shape index (κ1) is 38.7. The summed E-state index contributed by atoms with van der Waals surface area (Å²) < 4.78 is 0. The van der Waals surface area contributed by atoms with Crippen molar-refractivity contribution in [1.29, 1.82) is 0 Å². The summed E-state index contributed by atoms with van der Waals surface area (Å²) in [6, 6.07) is 14.0. The van der Waals surface area contributed by atoms with Gasteiger partial charge in [0.25, 0.3) is 0 Å². The van der Waals surface area contributed by atoms with Crippen LogP contribution in [-0.2, 0) is 25.6 Å². The van der Waals surface area contributed by atoms with E-state index in [1.54, 1.807) is 6.92 Å². The van der Waals surface area contributed by atoms with Crippen LogP contribution in [0.5, 0.6) is 0 Å². The Morgan fingerprint density at radius 1 is 0.766 bits per heavy atom. The molecule has 5 N–H and O–H groups in total. The lowest BCUT2D eigenvalue weighted by Crippen LogP contribution is -2.58. The molecule has 0 radical (unpaired) electrons. The van der Waals surface area contributed by atoms with Crippen LogP contribution in [0.1, 0.15) is 90.3 Å². The monoisotopic (exact) mass is 647 g/mol. The average molecular weight is 648 g/mol. The Hall–Kier alpha value is -4.47. The van der Waals surface area contributed by atoms with Gasteiger partial charge in [0.05, 0.1) is 6.04 Å². The molecule has 2 aromatic carbocycles. The van der Waals surface area contributed by atoms with E-state index in [9.17, 15) is 24.0 Å². The van der Waals surface area contributed by atoms with E-state index in [0.29, 0.717) is 32.1 Å². The summed E-state index contributed by atoms with van der Waals surface area (Å²) in [5.41, 5.74) is 8.78. The molecule has 0 bridgehead atoms. The molecular weight excluding hydrogens is 594 g/mol. The van der Waals surface area contributed by atoms with Gasteiger partial charge in [-0.2, -0.15) is 0 Å². The summed E-state index contributed by atoms with van der Waals surface area (Å²) in [4.78, 5) is 65.1. The third kappa shape index (κ3) is 13.4. The number of unbranched alkanes of at least 4 members (excludes halogenated alkanes) is 1. The van der Waals surface area contributed by atoms with E-state index in [-0.39, 0.29) is 17.6 Å². The largest absolute Gasteiger partial charge is 0.344 e. The van der Waals surface area contributed by atoms with Crippen molar-refractivity contribution in [3.05, 3.63) is 77.4 Å². The van der Waals surface area contributed by atoms with Gasteiger partial charge in [0.15, 0.2) is 5.78 Å². The van der Waals surface area contributed by atoms with Crippen molar-refractivity contribution in [3.63, 3.8) is 0 Å². The molecule has 0 spiro atoms. The molecule has 0 saturated carbocycles. The normalized spacial score (nSPS) is 13.9. The van der Waals surface area contributed by atoms with Crippen LogP contribution in [0.25, 0.3) is 5.57 Å². The predicted molar refractivity (Wildman–Crippen MR) is 186 cm³/mol. The predicted octanol–water partition coefficient (Wildman–Crippen LogP) is 5.16. The van der Waals surface area contributed by atoms with Crippen LogP contribution in [0.4, 0.5) is 4.79 Å². The molecule has 2 rings (SSSR count). The molecule has 0 aliphatic carbocycles. The zero-order chi connectivity index (χ0) is 34.9. The van der Waals surface area contributed by atoms with Gasteiger partial charge in [0.1, 0.15) is 12.1 Å². The van der Waals surface area contributed by atoms with E-state index in [0.717, 1.165) is 28.7 Å². The Bertz CT molecular complexity index is 1370. The Balaban J connectivity index is 2.08. The molecule has 256 valence electrons.